The zero-order valence-corrected chi connectivity index (χ0v) is 56.1. The van der Waals surface area contributed by atoms with Gasteiger partial charge in [-0.15, -0.1) is 14.2 Å². The number of nitrogens with zero attached hydrogens (tertiary/aromatic N) is 7. The Morgan fingerprint density at radius 2 is 0.620 bits per heavy atom. The SMILES string of the molecule is Cc1nc(CCC(=O)N[C@@H](CC(C)C)C(=O)NCCC(=O)NCCN(CCNC(=O)CCNC(=O)[C@H](CC(C)C)NC(=O)CCc2nc(C)c(C)n(O)c2=O)CCNC(=O)CCNC(=O)[C@@H](CC(C)C)NC(=O)CCc2nc(C)c(C)n(O)c2=O)c(=O)n(O)c1C.[Fe]. The monoisotopic (exact) mass is 1340 g/mol. The van der Waals surface area contributed by atoms with Crippen LogP contribution in [0.5, 0.6) is 0 Å². The Balaban J connectivity index is 0.0000288. The van der Waals surface area contributed by atoms with Crippen LogP contribution in [0.4, 0.5) is 0 Å². The van der Waals surface area contributed by atoms with Crippen LogP contribution in [0.3, 0.4) is 0 Å². The maximum Gasteiger partial charge on any atom is 0.304 e. The molecule has 0 unspecified atom stereocenters. The molecule has 3 rings (SSSR count). The van der Waals surface area contributed by atoms with Gasteiger partial charge >= 0.3 is 16.7 Å². The first-order chi connectivity index (χ1) is 42.8. The largest absolute Gasteiger partial charge is 0.425 e. The fourth-order valence-corrected chi connectivity index (χ4v) is 9.30. The number of nitrogens with one attached hydrogen (secondary N) is 9. The number of carbonyl (C=O) groups is 9. The van der Waals surface area contributed by atoms with Gasteiger partial charge in [-0.2, -0.15) is 0 Å². The van der Waals surface area contributed by atoms with E-state index < -0.39 is 88.0 Å². The van der Waals surface area contributed by atoms with Crippen LogP contribution in [-0.2, 0) is 79.5 Å². The molecule has 514 valence electrons. The zero-order chi connectivity index (χ0) is 68.2. The normalized spacial score (nSPS) is 12.1. The predicted octanol–water partition coefficient (Wildman–Crippen LogP) is -1.12. The van der Waals surface area contributed by atoms with E-state index in [1.54, 1.807) is 20.8 Å². The fraction of sp³-hybridized carbons (Fsp3) is 0.650. The van der Waals surface area contributed by atoms with Gasteiger partial charge in [-0.25, -0.2) is 0 Å². The number of hydrogen-bond acceptors (Lipinski definition) is 19. The second-order valence-corrected chi connectivity index (χ2v) is 23.8. The van der Waals surface area contributed by atoms with Crippen molar-refractivity contribution in [2.45, 2.75) is 178 Å². The van der Waals surface area contributed by atoms with Gasteiger partial charge in [0, 0.05) is 134 Å². The minimum atomic E-state index is -0.942. The molecule has 9 amide bonds. The van der Waals surface area contributed by atoms with Gasteiger partial charge in [-0.3, -0.25) is 77.4 Å². The Morgan fingerprint density at radius 3 is 0.848 bits per heavy atom. The standard InChI is InChI=1S/C60H96N16O15.Fe/c1-34(2)31-46(70-52(80)16-13-43-58(86)74(89)40(10)37(7)67-43)55(83)64-22-19-49(77)61-25-28-73(29-26-62-50(78)20-23-65-56(84)47(32-35(3)4)71-53(81)17-14-44-59(87)75(90)41(11)38(8)68-44)30-27-63-51(79)21-24-66-57(85)48(33-36(5)6)72-54(82)18-15-45-60(88)76(91)42(12)39(9)69-45;/h34-36,46-48,89-91H,13-33H2,1-12H3,(H,61,77)(H,62,78)(H,63,79)(H,64,83)(H,65,84)(H,66,85)(H,70,80)(H,71,81)(H,72,82);/t46-,47-,48+;/m0./s1. The summed E-state index contributed by atoms with van der Waals surface area (Å²) >= 11 is 0. The average Bonchev–Trinajstić information content (AvgIpc) is 1.16. The van der Waals surface area contributed by atoms with E-state index >= 15 is 0 Å². The minimum absolute atomic E-state index is 0. The quantitative estimate of drug-likeness (QED) is 0.0238. The molecule has 92 heavy (non-hydrogen) atoms. The molecule has 31 nitrogen and oxygen atoms in total. The molecule has 0 saturated heterocycles. The van der Waals surface area contributed by atoms with Crippen molar-refractivity contribution in [3.8, 4) is 0 Å². The third-order valence-corrected chi connectivity index (χ3v) is 14.8. The Hall–Kier alpha value is -8.25. The van der Waals surface area contributed by atoms with E-state index in [-0.39, 0.29) is 205 Å². The van der Waals surface area contributed by atoms with E-state index in [1.807, 2.05) is 46.4 Å². The van der Waals surface area contributed by atoms with Gasteiger partial charge in [0.2, 0.25) is 53.2 Å². The summed E-state index contributed by atoms with van der Waals surface area (Å²) in [5.74, 6) is -4.31. The van der Waals surface area contributed by atoms with Crippen molar-refractivity contribution in [2.75, 3.05) is 58.9 Å². The summed E-state index contributed by atoms with van der Waals surface area (Å²) in [7, 11) is 0. The summed E-state index contributed by atoms with van der Waals surface area (Å²) in [6, 6.07) is -2.83. The molecule has 0 aliphatic rings. The summed E-state index contributed by atoms with van der Waals surface area (Å²) in [5, 5.41) is 54.8. The maximum atomic E-state index is 13.3. The number of aryl methyl sites for hydroxylation is 6. The third-order valence-electron chi connectivity index (χ3n) is 14.8. The van der Waals surface area contributed by atoms with Crippen LogP contribution >= 0.6 is 0 Å². The molecule has 0 bridgehead atoms. The third kappa shape index (κ3) is 27.7. The first-order valence-corrected chi connectivity index (χ1v) is 30.9. The molecule has 3 heterocycles. The predicted molar refractivity (Wildman–Crippen MR) is 333 cm³/mol. The van der Waals surface area contributed by atoms with Crippen molar-refractivity contribution in [3.63, 3.8) is 0 Å². The number of aromatic nitrogens is 6. The summed E-state index contributed by atoms with van der Waals surface area (Å²) in [6.45, 7) is 21.6. The van der Waals surface area contributed by atoms with Crippen LogP contribution in [-0.4, -0.2) is 180 Å². The number of carbonyl (C=O) groups excluding carboxylic acids is 9. The number of amides is 9. The van der Waals surface area contributed by atoms with Crippen LogP contribution in [0, 0.1) is 59.3 Å². The van der Waals surface area contributed by atoms with Crippen LogP contribution < -0.4 is 64.5 Å². The van der Waals surface area contributed by atoms with Crippen molar-refractivity contribution < 1.29 is 75.8 Å². The molecule has 32 heteroatoms. The first kappa shape index (κ1) is 79.8. The molecule has 3 aromatic heterocycles. The maximum absolute atomic E-state index is 13.3. The Bertz CT molecular complexity index is 2890. The van der Waals surface area contributed by atoms with Crippen molar-refractivity contribution in [1.82, 2.24) is 81.9 Å². The topological polar surface area (TPSA) is 430 Å². The van der Waals surface area contributed by atoms with Gasteiger partial charge in [0.1, 0.15) is 35.2 Å². The summed E-state index contributed by atoms with van der Waals surface area (Å²) in [6.07, 6.45) is -0.260. The van der Waals surface area contributed by atoms with Gasteiger partial charge in [0.05, 0.1) is 34.2 Å². The van der Waals surface area contributed by atoms with Gasteiger partial charge in [-0.05, 0) is 78.6 Å². The molecule has 0 saturated carbocycles. The van der Waals surface area contributed by atoms with E-state index in [0.29, 0.717) is 31.3 Å². The van der Waals surface area contributed by atoms with Gasteiger partial charge in [0.15, 0.2) is 0 Å². The van der Waals surface area contributed by atoms with Crippen molar-refractivity contribution in [3.05, 3.63) is 82.3 Å². The zero-order valence-electron chi connectivity index (χ0n) is 55.0. The van der Waals surface area contributed by atoms with Crippen molar-refractivity contribution >= 4 is 53.2 Å². The summed E-state index contributed by atoms with van der Waals surface area (Å²) in [5.41, 5.74) is -0.156. The first-order valence-electron chi connectivity index (χ1n) is 30.9. The van der Waals surface area contributed by atoms with E-state index in [4.69, 9.17) is 0 Å². The van der Waals surface area contributed by atoms with E-state index in [9.17, 15) is 73.2 Å². The summed E-state index contributed by atoms with van der Waals surface area (Å²) in [4.78, 5) is 170. The van der Waals surface area contributed by atoms with Crippen LogP contribution in [0.2, 0.25) is 0 Å². The van der Waals surface area contributed by atoms with E-state index in [1.165, 1.54) is 20.8 Å². The molecule has 0 spiro atoms. The molecular weight excluding hydrogens is 1240 g/mol. The Kier molecular flexibility index (Phi) is 34.6. The fourth-order valence-electron chi connectivity index (χ4n) is 9.30. The van der Waals surface area contributed by atoms with Crippen LogP contribution in [0.25, 0.3) is 0 Å². The molecular formula is C60H96FeN16O15. The van der Waals surface area contributed by atoms with Gasteiger partial charge in [-0.1, -0.05) is 41.5 Å². The molecule has 3 atom stereocenters. The molecule has 0 aliphatic carbocycles. The van der Waals surface area contributed by atoms with E-state index in [2.05, 4.69) is 62.8 Å². The van der Waals surface area contributed by atoms with Crippen LogP contribution in [0.1, 0.15) is 151 Å². The molecule has 0 fully saturated rings. The Labute approximate surface area is 545 Å². The van der Waals surface area contributed by atoms with E-state index in [0.717, 1.165) is 0 Å². The van der Waals surface area contributed by atoms with Gasteiger partial charge in [0.25, 0.3) is 0 Å². The van der Waals surface area contributed by atoms with Crippen LogP contribution in [0.15, 0.2) is 14.4 Å². The molecule has 12 N–H and O–H groups in total. The Morgan fingerprint density at radius 1 is 0.380 bits per heavy atom. The number of rotatable bonds is 39. The molecule has 0 aliphatic heterocycles. The molecule has 0 radical (unpaired) electrons. The second kappa shape index (κ2) is 39.9. The molecule has 0 aromatic carbocycles. The van der Waals surface area contributed by atoms with Gasteiger partial charge < -0.3 is 63.5 Å². The molecule has 3 aromatic rings. The second-order valence-electron chi connectivity index (χ2n) is 23.8. The average molecular weight is 1340 g/mol. The van der Waals surface area contributed by atoms with Crippen molar-refractivity contribution in [1.29, 1.82) is 0 Å². The smallest absolute Gasteiger partial charge is 0.304 e. The number of hydrogen-bond donors (Lipinski definition) is 12. The summed E-state index contributed by atoms with van der Waals surface area (Å²) < 4.78 is 1.44. The van der Waals surface area contributed by atoms with Crippen molar-refractivity contribution in [2.24, 2.45) is 17.8 Å². The minimum Gasteiger partial charge on any atom is -0.425 e.